The van der Waals surface area contributed by atoms with E-state index in [0.29, 0.717) is 5.92 Å². The van der Waals surface area contributed by atoms with Gasteiger partial charge in [-0.15, -0.1) is 23.2 Å². The summed E-state index contributed by atoms with van der Waals surface area (Å²) in [5, 5.41) is 0.287. The second kappa shape index (κ2) is 11.1. The van der Waals surface area contributed by atoms with Gasteiger partial charge in [0.15, 0.2) is 0 Å². The molecule has 1 fully saturated rings. The number of hydrogen-bond donors (Lipinski definition) is 0. The fourth-order valence-electron chi connectivity index (χ4n) is 1.98. The van der Waals surface area contributed by atoms with Gasteiger partial charge in [0, 0.05) is 43.5 Å². The van der Waals surface area contributed by atoms with Gasteiger partial charge in [0.1, 0.15) is 0 Å². The Balaban J connectivity index is 0. The molecule has 1 saturated carbocycles. The minimum Gasteiger partial charge on any atom is -0.358 e. The van der Waals surface area contributed by atoms with Gasteiger partial charge in [-0.25, -0.2) is 0 Å². The molecular formula is C13H20BCl2Y-. The van der Waals surface area contributed by atoms with E-state index in [1.165, 1.54) is 0 Å². The maximum atomic E-state index is 6.00. The summed E-state index contributed by atoms with van der Waals surface area (Å²) in [7, 11) is 5.81. The van der Waals surface area contributed by atoms with Gasteiger partial charge in [0.2, 0.25) is 0 Å². The Morgan fingerprint density at radius 2 is 1.71 bits per heavy atom. The van der Waals surface area contributed by atoms with Crippen molar-refractivity contribution in [2.24, 2.45) is 5.92 Å². The molecule has 3 radical (unpaired) electrons. The van der Waals surface area contributed by atoms with E-state index in [-0.39, 0.29) is 56.7 Å². The van der Waals surface area contributed by atoms with Crippen molar-refractivity contribution in [3.8, 4) is 0 Å². The normalized spacial score (nSPS) is 33.4. The summed E-state index contributed by atoms with van der Waals surface area (Å²) >= 11 is 11.9. The zero-order chi connectivity index (χ0) is 11.3. The van der Waals surface area contributed by atoms with Gasteiger partial charge in [0.25, 0.3) is 0 Å². The minimum absolute atomic E-state index is 0. The molecule has 0 aromatic heterocycles. The van der Waals surface area contributed by atoms with Crippen LogP contribution in [0.3, 0.4) is 0 Å². The molecule has 0 heterocycles. The molecule has 2 rings (SSSR count). The molecule has 4 heteroatoms. The maximum absolute atomic E-state index is 6.00. The molecule has 17 heavy (non-hydrogen) atoms. The Labute approximate surface area is 143 Å². The van der Waals surface area contributed by atoms with E-state index in [0.717, 1.165) is 19.3 Å². The Morgan fingerprint density at radius 1 is 1.18 bits per heavy atom. The predicted molar refractivity (Wildman–Crippen MR) is 76.5 cm³/mol. The van der Waals surface area contributed by atoms with Gasteiger partial charge in [-0.1, -0.05) is 43.5 Å². The second-order valence-electron chi connectivity index (χ2n) is 4.01. The summed E-state index contributed by atoms with van der Waals surface area (Å²) in [5.41, 5.74) is 0. The van der Waals surface area contributed by atoms with Crippen molar-refractivity contribution in [3.63, 3.8) is 0 Å². The van der Waals surface area contributed by atoms with E-state index in [4.69, 9.17) is 31.0 Å². The van der Waals surface area contributed by atoms with Crippen LogP contribution in [0.25, 0.3) is 0 Å². The first kappa shape index (κ1) is 20.5. The number of halogens is 2. The van der Waals surface area contributed by atoms with Gasteiger partial charge in [-0.3, -0.25) is 0 Å². The third-order valence-corrected chi connectivity index (χ3v) is 3.92. The minimum atomic E-state index is 0. The van der Waals surface area contributed by atoms with E-state index in [9.17, 15) is 0 Å². The quantitative estimate of drug-likeness (QED) is 0.371. The van der Waals surface area contributed by atoms with Crippen LogP contribution >= 0.6 is 23.2 Å². The van der Waals surface area contributed by atoms with Crippen molar-refractivity contribution in [2.75, 3.05) is 0 Å². The summed E-state index contributed by atoms with van der Waals surface area (Å²) < 4.78 is 0. The fraction of sp³-hybridized carbons (Fsp3) is 0.615. The summed E-state index contributed by atoms with van der Waals surface area (Å²) in [6, 6.07) is 0. The standard InChI is InChI=1S/C7H11BCl2.C5H6.CH3.Y/c1-2-4-5(9)3-6(10)7(4)8;1-2-4-5-3-1;;/h4-7H,2-3H2,1H3;1-4H,5H2;1H3;/q;;-1;. The Hall–Kier alpha value is 1.23. The van der Waals surface area contributed by atoms with Crippen LogP contribution in [0.4, 0.5) is 0 Å². The van der Waals surface area contributed by atoms with Crippen molar-refractivity contribution >= 4 is 31.0 Å². The van der Waals surface area contributed by atoms with Gasteiger partial charge in [-0.2, -0.15) is 0 Å². The van der Waals surface area contributed by atoms with Crippen molar-refractivity contribution in [1.29, 1.82) is 0 Å². The van der Waals surface area contributed by atoms with E-state index in [1.807, 2.05) is 0 Å². The zero-order valence-corrected chi connectivity index (χ0v) is 15.0. The summed E-state index contributed by atoms with van der Waals surface area (Å²) in [4.78, 5) is 0. The Kier molecular flexibility index (Phi) is 13.4. The number of rotatable bonds is 1. The molecule has 0 spiro atoms. The molecule has 93 valence electrons. The van der Waals surface area contributed by atoms with Crippen molar-refractivity contribution < 1.29 is 32.7 Å². The van der Waals surface area contributed by atoms with Crippen molar-refractivity contribution in [2.45, 2.75) is 42.8 Å². The Morgan fingerprint density at radius 3 is 1.88 bits per heavy atom. The van der Waals surface area contributed by atoms with Gasteiger partial charge in [-0.05, 0) is 18.8 Å². The average molecular weight is 347 g/mol. The van der Waals surface area contributed by atoms with Crippen LogP contribution in [0.5, 0.6) is 0 Å². The van der Waals surface area contributed by atoms with Crippen LogP contribution in [-0.4, -0.2) is 18.6 Å². The van der Waals surface area contributed by atoms with E-state index >= 15 is 0 Å². The predicted octanol–water partition coefficient (Wildman–Crippen LogP) is 4.54. The molecule has 0 N–H and O–H groups in total. The summed E-state index contributed by atoms with van der Waals surface area (Å²) in [6.07, 6.45) is 11.4. The molecule has 0 aliphatic heterocycles. The van der Waals surface area contributed by atoms with Crippen LogP contribution in [0.15, 0.2) is 24.3 Å². The van der Waals surface area contributed by atoms with Crippen molar-refractivity contribution in [1.82, 2.24) is 0 Å². The van der Waals surface area contributed by atoms with Crippen LogP contribution in [0.2, 0.25) is 5.82 Å². The molecule has 0 nitrogen and oxygen atoms in total. The zero-order valence-electron chi connectivity index (χ0n) is 10.7. The molecule has 0 aromatic rings. The molecule has 2 aliphatic rings. The monoisotopic (exact) mass is 346 g/mol. The summed E-state index contributed by atoms with van der Waals surface area (Å²) in [5.74, 6) is 0.526. The van der Waals surface area contributed by atoms with E-state index in [1.54, 1.807) is 0 Å². The first-order chi connectivity index (χ1) is 7.16. The molecular weight excluding hydrogens is 327 g/mol. The first-order valence-corrected chi connectivity index (χ1v) is 6.39. The van der Waals surface area contributed by atoms with Crippen LogP contribution in [-0.2, 0) is 32.7 Å². The van der Waals surface area contributed by atoms with Gasteiger partial charge < -0.3 is 7.43 Å². The molecule has 0 bridgehead atoms. The molecule has 4 atom stereocenters. The smallest absolute Gasteiger partial charge is 0.0724 e. The summed E-state index contributed by atoms with van der Waals surface area (Å²) in [6.45, 7) is 2.11. The van der Waals surface area contributed by atoms with Crippen LogP contribution < -0.4 is 0 Å². The Bertz CT molecular complexity index is 234. The van der Waals surface area contributed by atoms with Crippen LogP contribution in [0, 0.1) is 13.3 Å². The molecule has 4 unspecified atom stereocenters. The van der Waals surface area contributed by atoms with Crippen LogP contribution in [0.1, 0.15) is 26.2 Å². The van der Waals surface area contributed by atoms with Crippen molar-refractivity contribution in [3.05, 3.63) is 31.7 Å². The number of hydrogen-bond acceptors (Lipinski definition) is 0. The van der Waals surface area contributed by atoms with Gasteiger partial charge >= 0.3 is 0 Å². The molecule has 2 aliphatic carbocycles. The molecule has 0 saturated heterocycles. The van der Waals surface area contributed by atoms with Gasteiger partial charge in [0.05, 0.1) is 7.85 Å². The molecule has 0 aromatic carbocycles. The molecule has 0 amide bonds. The maximum Gasteiger partial charge on any atom is 0.0724 e. The third kappa shape index (κ3) is 6.81. The second-order valence-corrected chi connectivity index (χ2v) is 5.13. The SMILES string of the molecule is C1=CCC=C1.[B]C1C(Cl)CC(Cl)C1CC.[CH3-].[Y]. The van der Waals surface area contributed by atoms with E-state index in [2.05, 4.69) is 31.2 Å². The van der Waals surface area contributed by atoms with E-state index < -0.39 is 0 Å². The largest absolute Gasteiger partial charge is 0.358 e. The number of allylic oxidation sites excluding steroid dienone is 4. The first-order valence-electron chi connectivity index (χ1n) is 5.52. The number of alkyl halides is 2. The fourth-order valence-corrected chi connectivity index (χ4v) is 2.99. The topological polar surface area (TPSA) is 0 Å². The third-order valence-electron chi connectivity index (χ3n) is 2.95. The average Bonchev–Trinajstić information content (AvgIpc) is 2.81.